The van der Waals surface area contributed by atoms with E-state index in [4.69, 9.17) is 14.2 Å². The van der Waals surface area contributed by atoms with Gasteiger partial charge in [0.25, 0.3) is 0 Å². The van der Waals surface area contributed by atoms with Gasteiger partial charge in [-0.1, -0.05) is 44.9 Å². The molecule has 6 bridgehead atoms. The maximum absolute atomic E-state index is 14.4. The molecule has 0 spiro atoms. The number of esters is 2. The van der Waals surface area contributed by atoms with E-state index in [9.17, 15) is 9.59 Å². The van der Waals surface area contributed by atoms with E-state index in [-0.39, 0.29) is 41.8 Å². The zero-order valence-corrected chi connectivity index (χ0v) is 31.6. The largest absolute Gasteiger partial charge is 0.496 e. The number of ether oxygens (including phenoxy) is 3. The lowest BCUT2D eigenvalue weighted by Gasteiger charge is -2.57. The van der Waals surface area contributed by atoms with Gasteiger partial charge in [0.2, 0.25) is 0 Å². The molecule has 0 radical (unpaired) electrons. The van der Waals surface area contributed by atoms with Crippen molar-refractivity contribution in [1.29, 1.82) is 0 Å². The number of carbonyl (C=O) groups is 2. The fourth-order valence-electron chi connectivity index (χ4n) is 12.5. The number of H-pyrrole nitrogens is 2. The highest BCUT2D eigenvalue weighted by molar-refractivity contribution is 5.95. The summed E-state index contributed by atoms with van der Waals surface area (Å²) in [6.45, 7) is 7.48. The van der Waals surface area contributed by atoms with Crippen molar-refractivity contribution in [3.05, 3.63) is 64.5 Å². The first-order valence-corrected chi connectivity index (χ1v) is 19.7. The van der Waals surface area contributed by atoms with Gasteiger partial charge in [0.05, 0.1) is 32.8 Å². The number of aromatic nitrogens is 2. The van der Waals surface area contributed by atoms with E-state index in [1.807, 2.05) is 0 Å². The number of para-hydroxylation sites is 1. The lowest BCUT2D eigenvalue weighted by Crippen LogP contribution is -2.67. The number of nitrogens with one attached hydrogen (secondary N) is 2. The van der Waals surface area contributed by atoms with E-state index >= 15 is 0 Å². The van der Waals surface area contributed by atoms with Gasteiger partial charge in [-0.05, 0) is 92.1 Å². The van der Waals surface area contributed by atoms with Gasteiger partial charge < -0.3 is 29.1 Å². The van der Waals surface area contributed by atoms with Gasteiger partial charge in [0.1, 0.15) is 11.2 Å². The topological polar surface area (TPSA) is 99.9 Å². The van der Waals surface area contributed by atoms with Crippen LogP contribution in [-0.2, 0) is 37.3 Å². The van der Waals surface area contributed by atoms with Crippen LogP contribution in [0.25, 0.3) is 21.8 Å². The summed E-state index contributed by atoms with van der Waals surface area (Å²) < 4.78 is 17.7. The molecule has 2 aliphatic carbocycles. The minimum atomic E-state index is -0.746. The zero-order chi connectivity index (χ0) is 36.1. The van der Waals surface area contributed by atoms with Gasteiger partial charge in [0.15, 0.2) is 0 Å². The van der Waals surface area contributed by atoms with Gasteiger partial charge in [-0.3, -0.25) is 14.5 Å². The number of piperidine rings is 3. The van der Waals surface area contributed by atoms with Crippen molar-refractivity contribution in [2.45, 2.75) is 82.2 Å². The van der Waals surface area contributed by atoms with Crippen molar-refractivity contribution in [2.24, 2.45) is 29.6 Å². The Morgan fingerprint density at radius 1 is 0.923 bits per heavy atom. The summed E-state index contributed by atoms with van der Waals surface area (Å²) >= 11 is 0. The fraction of sp³-hybridized carbons (Fsp3) is 0.581. The lowest BCUT2D eigenvalue weighted by atomic mass is 9.56. The lowest BCUT2D eigenvalue weighted by molar-refractivity contribution is -0.162. The number of carbonyl (C=O) groups excluding carboxylic acids is 2. The third-order valence-corrected chi connectivity index (χ3v) is 14.6. The molecule has 0 amide bonds. The first-order valence-electron chi connectivity index (χ1n) is 19.7. The number of methoxy groups -OCH3 is 3. The number of rotatable bonds is 6. The molecule has 10 rings (SSSR count). The van der Waals surface area contributed by atoms with Crippen molar-refractivity contribution >= 4 is 33.7 Å². The summed E-state index contributed by atoms with van der Waals surface area (Å²) in [7, 11) is 7.06. The fourth-order valence-corrected chi connectivity index (χ4v) is 12.5. The number of benzene rings is 2. The number of hydrogen-bond donors (Lipinski definition) is 2. The second kappa shape index (κ2) is 12.7. The van der Waals surface area contributed by atoms with Crippen LogP contribution in [0.4, 0.5) is 0 Å². The monoisotopic (exact) mass is 706 g/mol. The summed E-state index contributed by atoms with van der Waals surface area (Å²) in [4.78, 5) is 41.3. The molecule has 4 aliphatic heterocycles. The van der Waals surface area contributed by atoms with Crippen LogP contribution >= 0.6 is 0 Å². The Labute approximate surface area is 306 Å². The average Bonchev–Trinajstić information content (AvgIpc) is 3.70. The highest BCUT2D eigenvalue weighted by Crippen LogP contribution is 2.57. The number of fused-ring (bicyclic) bond motifs is 9. The van der Waals surface area contributed by atoms with Crippen LogP contribution in [0.2, 0.25) is 0 Å². The van der Waals surface area contributed by atoms with E-state index in [2.05, 4.69) is 77.1 Å². The van der Waals surface area contributed by atoms with E-state index in [0.717, 1.165) is 86.2 Å². The van der Waals surface area contributed by atoms with E-state index in [1.165, 1.54) is 34.0 Å². The van der Waals surface area contributed by atoms with Crippen LogP contribution in [0.3, 0.4) is 0 Å². The Kier molecular flexibility index (Phi) is 8.27. The Hall–Kier alpha value is -3.82. The van der Waals surface area contributed by atoms with Crippen molar-refractivity contribution in [2.75, 3.05) is 48.0 Å². The molecule has 6 aliphatic rings. The Balaban J connectivity index is 1.31. The summed E-state index contributed by atoms with van der Waals surface area (Å²) in [5, 5.41) is 2.38. The normalized spacial score (nSPS) is 33.8. The minimum Gasteiger partial charge on any atom is -0.496 e. The quantitative estimate of drug-likeness (QED) is 0.219. The number of likely N-dealkylation sites (N-methyl/N-ethyl adjacent to an activating group) is 1. The highest BCUT2D eigenvalue weighted by Gasteiger charge is 2.63. The number of hydrogen-bond acceptors (Lipinski definition) is 7. The van der Waals surface area contributed by atoms with Crippen molar-refractivity contribution < 1.29 is 23.8 Å². The van der Waals surface area contributed by atoms with Crippen LogP contribution in [-0.4, -0.2) is 91.8 Å². The molecule has 10 atom stereocenters. The molecular formula is C43H54N4O5. The molecule has 3 saturated heterocycles. The summed E-state index contributed by atoms with van der Waals surface area (Å²) in [6, 6.07) is 13.1. The molecule has 2 aromatic heterocycles. The first-order chi connectivity index (χ1) is 25.3. The Morgan fingerprint density at radius 2 is 1.73 bits per heavy atom. The third-order valence-electron chi connectivity index (χ3n) is 14.6. The van der Waals surface area contributed by atoms with Crippen LogP contribution in [0.1, 0.15) is 79.9 Å². The van der Waals surface area contributed by atoms with Gasteiger partial charge in [-0.15, -0.1) is 0 Å². The molecule has 9 heteroatoms. The summed E-state index contributed by atoms with van der Waals surface area (Å²) in [6.07, 6.45) is 6.43. The molecule has 9 nitrogen and oxygen atoms in total. The van der Waals surface area contributed by atoms with Gasteiger partial charge in [-0.25, -0.2) is 0 Å². The first kappa shape index (κ1) is 34.0. The molecule has 1 saturated carbocycles. The molecule has 52 heavy (non-hydrogen) atoms. The third kappa shape index (κ3) is 4.66. The SMILES string of the molecule is CC[C@H]1CN(C)[C@H]2Cc3c([nH]c4ccccc34)[C@H](c3c(OC)ccc4c5c([nH]c34)[C@]3(C(=O)OC)C[C@@H]4C[C@H](CC)[C@@H]3N(CC5)C4)C[C@H]1[C@@H]2C(=O)OC. The summed E-state index contributed by atoms with van der Waals surface area (Å²) in [5.74, 6) is 1.62. The van der Waals surface area contributed by atoms with E-state index < -0.39 is 5.41 Å². The smallest absolute Gasteiger partial charge is 0.319 e. The molecule has 6 heterocycles. The standard InChI is InChI=1S/C43H54N4O5/c1-7-24-17-23-20-43(42(49)52-6)39-28(15-16-47(21-23)40(24)43)27-13-14-34(50-4)36(38(27)45-39)31-18-29-25(8-2)22-46(3)33(35(29)41(48)51-5)19-30-26-11-9-10-12-32(26)44-37(30)31/h9-14,23-25,29,31,33,35,40,44-45H,7-8,15-22H2,1-6H3/t23-,24-,25-,29+,31-,33-,35-,40-,43+/m0/s1. The van der Waals surface area contributed by atoms with Crippen molar-refractivity contribution in [3.63, 3.8) is 0 Å². The van der Waals surface area contributed by atoms with E-state index in [1.54, 1.807) is 21.3 Å². The molecule has 4 aromatic rings. The van der Waals surface area contributed by atoms with Gasteiger partial charge in [-0.2, -0.15) is 0 Å². The van der Waals surface area contributed by atoms with Crippen LogP contribution in [0, 0.1) is 29.6 Å². The minimum absolute atomic E-state index is 0.0366. The molecule has 1 unspecified atom stereocenters. The van der Waals surface area contributed by atoms with Crippen LogP contribution in [0.5, 0.6) is 5.75 Å². The molecular weight excluding hydrogens is 652 g/mol. The van der Waals surface area contributed by atoms with Crippen LogP contribution < -0.4 is 4.74 Å². The maximum atomic E-state index is 14.4. The molecule has 2 aromatic carbocycles. The molecule has 276 valence electrons. The predicted molar refractivity (Wildman–Crippen MR) is 202 cm³/mol. The molecule has 4 fully saturated rings. The zero-order valence-electron chi connectivity index (χ0n) is 31.6. The van der Waals surface area contributed by atoms with Gasteiger partial charge >= 0.3 is 11.9 Å². The summed E-state index contributed by atoms with van der Waals surface area (Å²) in [5.41, 5.74) is 7.31. The number of aromatic amines is 2. The molecule has 2 N–H and O–H groups in total. The highest BCUT2D eigenvalue weighted by atomic mass is 16.5. The second-order valence-corrected chi connectivity index (χ2v) is 16.7. The van der Waals surface area contributed by atoms with E-state index in [0.29, 0.717) is 17.8 Å². The Bertz CT molecular complexity index is 2050. The average molecular weight is 707 g/mol. The van der Waals surface area contributed by atoms with Crippen LogP contribution in [0.15, 0.2) is 36.4 Å². The number of nitrogens with zero attached hydrogens (tertiary/aromatic N) is 2. The second-order valence-electron chi connectivity index (χ2n) is 16.7. The van der Waals surface area contributed by atoms with Crippen molar-refractivity contribution in [1.82, 2.24) is 19.8 Å². The predicted octanol–water partition coefficient (Wildman–Crippen LogP) is 6.57. The van der Waals surface area contributed by atoms with Crippen molar-refractivity contribution in [3.8, 4) is 5.75 Å². The maximum Gasteiger partial charge on any atom is 0.319 e. The number of likely N-dealkylation sites (tertiary alicyclic amines) is 1. The van der Waals surface area contributed by atoms with Gasteiger partial charge in [0, 0.05) is 70.9 Å². The Morgan fingerprint density at radius 3 is 2.48 bits per heavy atom.